The van der Waals surface area contributed by atoms with Crippen molar-refractivity contribution in [3.8, 4) is 0 Å². The van der Waals surface area contributed by atoms with Gasteiger partial charge in [0, 0.05) is 12.0 Å². The maximum absolute atomic E-state index is 11.9. The van der Waals surface area contributed by atoms with E-state index in [1.807, 2.05) is 7.05 Å². The summed E-state index contributed by atoms with van der Waals surface area (Å²) >= 11 is 0. The van der Waals surface area contributed by atoms with E-state index in [9.17, 15) is 9.59 Å². The van der Waals surface area contributed by atoms with Crippen molar-refractivity contribution in [1.29, 1.82) is 0 Å². The van der Waals surface area contributed by atoms with Gasteiger partial charge in [-0.1, -0.05) is 26.2 Å². The monoisotopic (exact) mass is 256 g/mol. The first-order valence-corrected chi connectivity index (χ1v) is 6.74. The molecule has 104 valence electrons. The molecule has 1 unspecified atom stereocenters. The number of rotatable bonds is 6. The number of hydrogen-bond acceptors (Lipinski definition) is 3. The molecule has 1 atom stereocenters. The normalized spacial score (nSPS) is 20.1. The van der Waals surface area contributed by atoms with Crippen LogP contribution in [-0.2, 0) is 9.59 Å². The molecule has 0 radical (unpaired) electrons. The van der Waals surface area contributed by atoms with E-state index in [2.05, 4.69) is 10.6 Å². The van der Waals surface area contributed by atoms with Crippen LogP contribution in [-0.4, -0.2) is 35.6 Å². The molecule has 1 aliphatic carbocycles. The summed E-state index contributed by atoms with van der Waals surface area (Å²) in [5.74, 6) is -1.13. The van der Waals surface area contributed by atoms with Crippen LogP contribution in [0.2, 0.25) is 0 Å². The minimum absolute atomic E-state index is 0.140. The number of carboxylic acid groups (broad SMARTS) is 1. The molecule has 0 aliphatic heterocycles. The molecule has 5 heteroatoms. The molecule has 1 saturated carbocycles. The first-order chi connectivity index (χ1) is 8.53. The minimum atomic E-state index is -0.965. The summed E-state index contributed by atoms with van der Waals surface area (Å²) in [7, 11) is 1.88. The van der Waals surface area contributed by atoms with Gasteiger partial charge in [-0.3, -0.25) is 4.79 Å². The van der Waals surface area contributed by atoms with Crippen LogP contribution in [0.5, 0.6) is 0 Å². The first kappa shape index (κ1) is 15.0. The van der Waals surface area contributed by atoms with E-state index in [1.54, 1.807) is 6.92 Å². The van der Waals surface area contributed by atoms with Gasteiger partial charge in [0.1, 0.15) is 6.04 Å². The standard InChI is InChI=1S/C13H24N2O3/c1-3-10(12(17)18)15-11(16)9-13(14-2)7-5-4-6-8-13/h10,14H,3-9H2,1-2H3,(H,15,16)(H,17,18). The summed E-state index contributed by atoms with van der Waals surface area (Å²) in [6, 6.07) is -0.769. The number of aliphatic carboxylic acids is 1. The molecule has 0 aromatic heterocycles. The molecular formula is C13H24N2O3. The molecule has 3 N–H and O–H groups in total. The fourth-order valence-corrected chi connectivity index (χ4v) is 2.63. The number of hydrogen-bond donors (Lipinski definition) is 3. The van der Waals surface area contributed by atoms with E-state index < -0.39 is 12.0 Å². The molecule has 5 nitrogen and oxygen atoms in total. The van der Waals surface area contributed by atoms with E-state index in [4.69, 9.17) is 5.11 Å². The average molecular weight is 256 g/mol. The Morgan fingerprint density at radius 2 is 1.89 bits per heavy atom. The van der Waals surface area contributed by atoms with E-state index in [1.165, 1.54) is 6.42 Å². The minimum Gasteiger partial charge on any atom is -0.480 e. The van der Waals surface area contributed by atoms with Crippen LogP contribution in [0.4, 0.5) is 0 Å². The molecule has 0 aromatic rings. The Labute approximate surface area is 108 Å². The van der Waals surface area contributed by atoms with Gasteiger partial charge < -0.3 is 15.7 Å². The Kier molecular flexibility index (Phi) is 5.59. The predicted molar refractivity (Wildman–Crippen MR) is 69.4 cm³/mol. The molecule has 1 fully saturated rings. The third-order valence-electron chi connectivity index (χ3n) is 3.88. The van der Waals surface area contributed by atoms with Crippen LogP contribution in [0.25, 0.3) is 0 Å². The van der Waals surface area contributed by atoms with Gasteiger partial charge in [-0.2, -0.15) is 0 Å². The summed E-state index contributed by atoms with van der Waals surface area (Å²) in [4.78, 5) is 22.8. The van der Waals surface area contributed by atoms with Gasteiger partial charge in [-0.25, -0.2) is 4.79 Å². The number of carbonyl (C=O) groups excluding carboxylic acids is 1. The highest BCUT2D eigenvalue weighted by molar-refractivity contribution is 5.84. The fraction of sp³-hybridized carbons (Fsp3) is 0.846. The van der Waals surface area contributed by atoms with Crippen molar-refractivity contribution in [3.05, 3.63) is 0 Å². The van der Waals surface area contributed by atoms with Gasteiger partial charge in [0.15, 0.2) is 0 Å². The van der Waals surface area contributed by atoms with Gasteiger partial charge in [0.2, 0.25) is 5.91 Å². The van der Waals surface area contributed by atoms with Crippen molar-refractivity contribution in [2.75, 3.05) is 7.05 Å². The summed E-state index contributed by atoms with van der Waals surface area (Å²) < 4.78 is 0. The van der Waals surface area contributed by atoms with Gasteiger partial charge in [0.25, 0.3) is 0 Å². The highest BCUT2D eigenvalue weighted by atomic mass is 16.4. The highest BCUT2D eigenvalue weighted by Crippen LogP contribution is 2.30. The summed E-state index contributed by atoms with van der Waals surface area (Å²) in [5, 5.41) is 14.8. The summed E-state index contributed by atoms with van der Waals surface area (Å²) in [6.45, 7) is 1.76. The summed E-state index contributed by atoms with van der Waals surface area (Å²) in [6.07, 6.45) is 6.23. The second-order valence-corrected chi connectivity index (χ2v) is 5.13. The SMILES string of the molecule is CCC(NC(=O)CC1(NC)CCCCC1)C(=O)O. The number of amides is 1. The van der Waals surface area contributed by atoms with Crippen LogP contribution in [0.3, 0.4) is 0 Å². The topological polar surface area (TPSA) is 78.4 Å². The van der Waals surface area contributed by atoms with Crippen molar-refractivity contribution in [1.82, 2.24) is 10.6 Å². The largest absolute Gasteiger partial charge is 0.480 e. The lowest BCUT2D eigenvalue weighted by Crippen LogP contribution is -2.50. The Morgan fingerprint density at radius 1 is 1.28 bits per heavy atom. The van der Waals surface area contributed by atoms with Crippen molar-refractivity contribution < 1.29 is 14.7 Å². The number of carbonyl (C=O) groups is 2. The van der Waals surface area contributed by atoms with Gasteiger partial charge in [-0.15, -0.1) is 0 Å². The van der Waals surface area contributed by atoms with Crippen LogP contribution >= 0.6 is 0 Å². The lowest BCUT2D eigenvalue weighted by molar-refractivity contribution is -0.142. The van der Waals surface area contributed by atoms with Crippen LogP contribution in [0.15, 0.2) is 0 Å². The quantitative estimate of drug-likeness (QED) is 0.669. The zero-order chi connectivity index (χ0) is 13.6. The smallest absolute Gasteiger partial charge is 0.326 e. The zero-order valence-electron chi connectivity index (χ0n) is 11.3. The first-order valence-electron chi connectivity index (χ1n) is 6.74. The second kappa shape index (κ2) is 6.73. The maximum Gasteiger partial charge on any atom is 0.326 e. The highest BCUT2D eigenvalue weighted by Gasteiger charge is 2.33. The molecule has 0 heterocycles. The van der Waals surface area contributed by atoms with Crippen molar-refractivity contribution in [2.24, 2.45) is 0 Å². The second-order valence-electron chi connectivity index (χ2n) is 5.13. The molecule has 0 saturated heterocycles. The molecule has 0 bridgehead atoms. The molecule has 18 heavy (non-hydrogen) atoms. The Balaban J connectivity index is 2.54. The Hall–Kier alpha value is -1.10. The van der Waals surface area contributed by atoms with Crippen LogP contribution < -0.4 is 10.6 Å². The van der Waals surface area contributed by atoms with E-state index in [-0.39, 0.29) is 11.4 Å². The van der Waals surface area contributed by atoms with Gasteiger partial charge in [-0.05, 0) is 26.3 Å². The van der Waals surface area contributed by atoms with Crippen LogP contribution in [0.1, 0.15) is 51.9 Å². The molecule has 1 amide bonds. The van der Waals surface area contributed by atoms with Crippen LogP contribution in [0, 0.1) is 0 Å². The molecular weight excluding hydrogens is 232 g/mol. The third-order valence-corrected chi connectivity index (χ3v) is 3.88. The van der Waals surface area contributed by atoms with Crippen molar-refractivity contribution in [2.45, 2.75) is 63.5 Å². The number of nitrogens with one attached hydrogen (secondary N) is 2. The third kappa shape index (κ3) is 3.98. The van der Waals surface area contributed by atoms with Crippen molar-refractivity contribution >= 4 is 11.9 Å². The van der Waals surface area contributed by atoms with Gasteiger partial charge in [0.05, 0.1) is 0 Å². The average Bonchev–Trinajstić information content (AvgIpc) is 2.36. The molecule has 1 rings (SSSR count). The fourth-order valence-electron chi connectivity index (χ4n) is 2.63. The summed E-state index contributed by atoms with van der Waals surface area (Å²) in [5.41, 5.74) is -0.140. The Bertz CT molecular complexity index is 299. The zero-order valence-corrected chi connectivity index (χ0v) is 11.3. The van der Waals surface area contributed by atoms with E-state index in [0.29, 0.717) is 12.8 Å². The van der Waals surface area contributed by atoms with Crippen molar-refractivity contribution in [3.63, 3.8) is 0 Å². The number of carboxylic acids is 1. The molecule has 0 aromatic carbocycles. The van der Waals surface area contributed by atoms with E-state index >= 15 is 0 Å². The van der Waals surface area contributed by atoms with E-state index in [0.717, 1.165) is 25.7 Å². The Morgan fingerprint density at radius 3 is 2.33 bits per heavy atom. The van der Waals surface area contributed by atoms with Gasteiger partial charge >= 0.3 is 5.97 Å². The lowest BCUT2D eigenvalue weighted by Gasteiger charge is -2.36. The predicted octanol–water partition coefficient (Wildman–Crippen LogP) is 1.28. The molecule has 0 spiro atoms. The molecule has 1 aliphatic rings. The lowest BCUT2D eigenvalue weighted by atomic mass is 9.79. The maximum atomic E-state index is 11.9.